The second kappa shape index (κ2) is 7.74. The van der Waals surface area contributed by atoms with Gasteiger partial charge in [0.25, 0.3) is 5.91 Å². The zero-order chi connectivity index (χ0) is 18.7. The Balaban J connectivity index is 1.89. The predicted octanol–water partition coefficient (Wildman–Crippen LogP) is 4.35. The molecule has 0 aliphatic rings. The fourth-order valence-electron chi connectivity index (χ4n) is 2.69. The zero-order valence-corrected chi connectivity index (χ0v) is 16.1. The Labute approximate surface area is 157 Å². The van der Waals surface area contributed by atoms with Gasteiger partial charge in [-0.05, 0) is 37.8 Å². The van der Waals surface area contributed by atoms with Crippen LogP contribution in [0.25, 0.3) is 11.6 Å². The summed E-state index contributed by atoms with van der Waals surface area (Å²) < 4.78 is 5.38. The van der Waals surface area contributed by atoms with Crippen molar-refractivity contribution in [1.29, 1.82) is 0 Å². The van der Waals surface area contributed by atoms with E-state index in [0.717, 1.165) is 5.56 Å². The molecule has 0 N–H and O–H groups in total. The molecule has 0 aliphatic carbocycles. The third-order valence-corrected chi connectivity index (χ3v) is 4.77. The SMILES string of the molecule is CSc1nc(-c2ccco2)nc(C)c1C(=O)N(C)Cc1ccc(C)cc1. The van der Waals surface area contributed by atoms with Crippen LogP contribution in [0.4, 0.5) is 0 Å². The maximum absolute atomic E-state index is 13.0. The van der Waals surface area contributed by atoms with Crippen molar-refractivity contribution in [2.45, 2.75) is 25.4 Å². The Hall–Kier alpha value is -2.60. The van der Waals surface area contributed by atoms with Crippen molar-refractivity contribution < 1.29 is 9.21 Å². The largest absolute Gasteiger partial charge is 0.461 e. The van der Waals surface area contributed by atoms with Gasteiger partial charge in [-0.1, -0.05) is 29.8 Å². The first-order valence-electron chi connectivity index (χ1n) is 8.27. The van der Waals surface area contributed by atoms with Crippen molar-refractivity contribution in [2.24, 2.45) is 0 Å². The average molecular weight is 367 g/mol. The molecule has 0 saturated heterocycles. The number of furan rings is 1. The molecule has 1 aromatic carbocycles. The van der Waals surface area contributed by atoms with Gasteiger partial charge in [-0.2, -0.15) is 0 Å². The van der Waals surface area contributed by atoms with Gasteiger partial charge in [0.15, 0.2) is 11.6 Å². The van der Waals surface area contributed by atoms with Crippen LogP contribution in [0.5, 0.6) is 0 Å². The van der Waals surface area contributed by atoms with Crippen LogP contribution in [0.3, 0.4) is 0 Å². The molecular formula is C20H21N3O2S. The molecule has 134 valence electrons. The summed E-state index contributed by atoms with van der Waals surface area (Å²) in [5.41, 5.74) is 3.48. The summed E-state index contributed by atoms with van der Waals surface area (Å²) in [7, 11) is 1.80. The van der Waals surface area contributed by atoms with Crippen LogP contribution in [0, 0.1) is 13.8 Å². The Morgan fingerprint density at radius 1 is 1.15 bits per heavy atom. The minimum atomic E-state index is -0.0848. The first-order chi connectivity index (χ1) is 12.5. The minimum Gasteiger partial charge on any atom is -0.461 e. The predicted molar refractivity (Wildman–Crippen MR) is 103 cm³/mol. The van der Waals surface area contributed by atoms with Crippen LogP contribution < -0.4 is 0 Å². The van der Waals surface area contributed by atoms with E-state index in [2.05, 4.69) is 9.97 Å². The molecular weight excluding hydrogens is 346 g/mol. The Morgan fingerprint density at radius 3 is 2.50 bits per heavy atom. The molecule has 0 unspecified atom stereocenters. The maximum atomic E-state index is 13.0. The molecule has 1 amide bonds. The number of hydrogen-bond donors (Lipinski definition) is 0. The minimum absolute atomic E-state index is 0.0848. The van der Waals surface area contributed by atoms with E-state index < -0.39 is 0 Å². The molecule has 3 aromatic rings. The molecule has 0 fully saturated rings. The van der Waals surface area contributed by atoms with E-state index in [1.165, 1.54) is 17.3 Å². The Kier molecular flexibility index (Phi) is 5.42. The topological polar surface area (TPSA) is 59.2 Å². The molecule has 5 nitrogen and oxygen atoms in total. The summed E-state index contributed by atoms with van der Waals surface area (Å²) in [6, 6.07) is 11.8. The number of carbonyl (C=O) groups is 1. The van der Waals surface area contributed by atoms with E-state index in [1.54, 1.807) is 24.3 Å². The van der Waals surface area contributed by atoms with Gasteiger partial charge in [0.05, 0.1) is 17.5 Å². The second-order valence-corrected chi connectivity index (χ2v) is 6.94. The van der Waals surface area contributed by atoms with Crippen molar-refractivity contribution >= 4 is 17.7 Å². The number of hydrogen-bond acceptors (Lipinski definition) is 5. The molecule has 0 atom stereocenters. The summed E-state index contributed by atoms with van der Waals surface area (Å²) in [6.45, 7) is 4.41. The van der Waals surface area contributed by atoms with Gasteiger partial charge < -0.3 is 9.32 Å². The molecule has 0 spiro atoms. The smallest absolute Gasteiger partial charge is 0.258 e. The van der Waals surface area contributed by atoms with Crippen LogP contribution in [0.2, 0.25) is 0 Å². The molecule has 26 heavy (non-hydrogen) atoms. The quantitative estimate of drug-likeness (QED) is 0.496. The number of amides is 1. The second-order valence-electron chi connectivity index (χ2n) is 6.14. The number of aromatic nitrogens is 2. The zero-order valence-electron chi connectivity index (χ0n) is 15.3. The third kappa shape index (κ3) is 3.80. The van der Waals surface area contributed by atoms with Crippen molar-refractivity contribution in [3.8, 4) is 11.6 Å². The van der Waals surface area contributed by atoms with Gasteiger partial charge in [-0.25, -0.2) is 9.97 Å². The number of nitrogens with zero attached hydrogens (tertiary/aromatic N) is 3. The number of aryl methyl sites for hydroxylation is 2. The van der Waals surface area contributed by atoms with Crippen molar-refractivity contribution in [3.63, 3.8) is 0 Å². The highest BCUT2D eigenvalue weighted by Gasteiger charge is 2.22. The first-order valence-corrected chi connectivity index (χ1v) is 9.49. The van der Waals surface area contributed by atoms with Gasteiger partial charge >= 0.3 is 0 Å². The van der Waals surface area contributed by atoms with E-state index in [0.29, 0.717) is 34.4 Å². The van der Waals surface area contributed by atoms with Gasteiger partial charge in [-0.15, -0.1) is 11.8 Å². The molecule has 0 bridgehead atoms. The van der Waals surface area contributed by atoms with Crippen LogP contribution in [0.15, 0.2) is 52.1 Å². The molecule has 3 rings (SSSR count). The molecule has 0 radical (unpaired) electrons. The van der Waals surface area contributed by atoms with Crippen LogP contribution >= 0.6 is 11.8 Å². The van der Waals surface area contributed by atoms with Crippen LogP contribution in [0.1, 0.15) is 27.2 Å². The fourth-order valence-corrected chi connectivity index (χ4v) is 3.30. The van der Waals surface area contributed by atoms with E-state index in [1.807, 2.05) is 50.4 Å². The van der Waals surface area contributed by atoms with Gasteiger partial charge in [0, 0.05) is 13.6 Å². The van der Waals surface area contributed by atoms with E-state index in [4.69, 9.17) is 4.42 Å². The van der Waals surface area contributed by atoms with E-state index >= 15 is 0 Å². The highest BCUT2D eigenvalue weighted by molar-refractivity contribution is 7.98. The van der Waals surface area contributed by atoms with Crippen molar-refractivity contribution in [1.82, 2.24) is 14.9 Å². The van der Waals surface area contributed by atoms with Crippen molar-refractivity contribution in [2.75, 3.05) is 13.3 Å². The summed E-state index contributed by atoms with van der Waals surface area (Å²) in [5, 5.41) is 0.657. The molecule has 2 heterocycles. The standard InChI is InChI=1S/C20H21N3O2S/c1-13-7-9-15(10-8-13)12-23(3)20(24)17-14(2)21-18(22-19(17)26-4)16-6-5-11-25-16/h5-11H,12H2,1-4H3. The van der Waals surface area contributed by atoms with Gasteiger partial charge in [-0.3, -0.25) is 4.79 Å². The van der Waals surface area contributed by atoms with Gasteiger partial charge in [0.2, 0.25) is 0 Å². The number of carbonyl (C=O) groups excluding carboxylic acids is 1. The number of benzene rings is 1. The molecule has 0 aliphatic heterocycles. The lowest BCUT2D eigenvalue weighted by Gasteiger charge is -2.20. The molecule has 2 aromatic heterocycles. The fraction of sp³-hybridized carbons (Fsp3) is 0.250. The van der Waals surface area contributed by atoms with Crippen molar-refractivity contribution in [3.05, 3.63) is 65.0 Å². The van der Waals surface area contributed by atoms with E-state index in [9.17, 15) is 4.79 Å². The van der Waals surface area contributed by atoms with Crippen LogP contribution in [-0.2, 0) is 6.54 Å². The normalized spacial score (nSPS) is 10.8. The lowest BCUT2D eigenvalue weighted by Crippen LogP contribution is -2.28. The summed E-state index contributed by atoms with van der Waals surface area (Å²) in [6.07, 6.45) is 3.49. The monoisotopic (exact) mass is 367 g/mol. The lowest BCUT2D eigenvalue weighted by molar-refractivity contribution is 0.0779. The van der Waals surface area contributed by atoms with Gasteiger partial charge in [0.1, 0.15) is 5.03 Å². The summed E-state index contributed by atoms with van der Waals surface area (Å²) >= 11 is 1.43. The number of rotatable bonds is 5. The highest BCUT2D eigenvalue weighted by atomic mass is 32.2. The number of thioether (sulfide) groups is 1. The Bertz CT molecular complexity index is 906. The summed E-state index contributed by atoms with van der Waals surface area (Å²) in [5.74, 6) is 1.00. The highest BCUT2D eigenvalue weighted by Crippen LogP contribution is 2.26. The average Bonchev–Trinajstić information content (AvgIpc) is 3.17. The first kappa shape index (κ1) is 18.2. The third-order valence-electron chi connectivity index (χ3n) is 4.09. The van der Waals surface area contributed by atoms with Crippen LogP contribution in [-0.4, -0.2) is 34.1 Å². The summed E-state index contributed by atoms with van der Waals surface area (Å²) in [4.78, 5) is 23.7. The lowest BCUT2D eigenvalue weighted by atomic mass is 10.1. The van der Waals surface area contributed by atoms with E-state index in [-0.39, 0.29) is 5.91 Å². The maximum Gasteiger partial charge on any atom is 0.258 e. The molecule has 6 heteroatoms. The Morgan fingerprint density at radius 2 is 1.88 bits per heavy atom. The molecule has 0 saturated carbocycles.